The van der Waals surface area contributed by atoms with Crippen LogP contribution in [0, 0.1) is 0 Å². The molecule has 0 saturated carbocycles. The van der Waals surface area contributed by atoms with Gasteiger partial charge < -0.3 is 15.2 Å². The first-order valence-corrected chi connectivity index (χ1v) is 5.01. The summed E-state index contributed by atoms with van der Waals surface area (Å²) in [7, 11) is 0. The van der Waals surface area contributed by atoms with Gasteiger partial charge >= 0.3 is 0 Å². The molecule has 4 heteroatoms. The van der Waals surface area contributed by atoms with Crippen LogP contribution in [0.5, 0.6) is 0 Å². The molecule has 1 aliphatic heterocycles. The number of rotatable bonds is 6. The van der Waals surface area contributed by atoms with Crippen molar-refractivity contribution in [2.45, 2.75) is 6.42 Å². The van der Waals surface area contributed by atoms with Crippen molar-refractivity contribution < 1.29 is 9.47 Å². The molecule has 0 bridgehead atoms. The predicted molar refractivity (Wildman–Crippen MR) is 51.7 cm³/mol. The van der Waals surface area contributed by atoms with Crippen LogP contribution in [0.4, 0.5) is 0 Å². The standard InChI is InChI=1S/C9H20N2O2/c10-2-7-12-6-1-3-11-4-8-13-9-5-11/h1-10H2. The quantitative estimate of drug-likeness (QED) is 0.581. The summed E-state index contributed by atoms with van der Waals surface area (Å²) in [6, 6.07) is 0. The molecule has 0 aromatic heterocycles. The summed E-state index contributed by atoms with van der Waals surface area (Å²) in [6.07, 6.45) is 1.10. The molecule has 1 rings (SSSR count). The minimum atomic E-state index is 0.623. The third-order valence-electron chi connectivity index (χ3n) is 2.13. The van der Waals surface area contributed by atoms with Gasteiger partial charge in [-0.25, -0.2) is 0 Å². The first-order valence-electron chi connectivity index (χ1n) is 5.01. The van der Waals surface area contributed by atoms with Gasteiger partial charge in [0.25, 0.3) is 0 Å². The molecule has 78 valence electrons. The van der Waals surface area contributed by atoms with Crippen molar-refractivity contribution in [2.75, 3.05) is 52.6 Å². The van der Waals surface area contributed by atoms with Crippen LogP contribution in [0.25, 0.3) is 0 Å². The summed E-state index contributed by atoms with van der Waals surface area (Å²) in [6.45, 7) is 7.14. The van der Waals surface area contributed by atoms with Gasteiger partial charge in [0.1, 0.15) is 0 Å². The van der Waals surface area contributed by atoms with Gasteiger partial charge in [-0.1, -0.05) is 0 Å². The fraction of sp³-hybridized carbons (Fsp3) is 1.00. The highest BCUT2D eigenvalue weighted by atomic mass is 16.5. The third kappa shape index (κ3) is 5.21. The van der Waals surface area contributed by atoms with Crippen molar-refractivity contribution in [2.24, 2.45) is 5.73 Å². The van der Waals surface area contributed by atoms with Gasteiger partial charge in [0.05, 0.1) is 19.8 Å². The number of ether oxygens (including phenoxy) is 2. The van der Waals surface area contributed by atoms with E-state index in [0.29, 0.717) is 13.2 Å². The first kappa shape index (κ1) is 10.9. The Labute approximate surface area is 80.0 Å². The van der Waals surface area contributed by atoms with Gasteiger partial charge in [-0.2, -0.15) is 0 Å². The van der Waals surface area contributed by atoms with Crippen molar-refractivity contribution in [3.63, 3.8) is 0 Å². The lowest BCUT2D eigenvalue weighted by Crippen LogP contribution is -2.37. The van der Waals surface area contributed by atoms with Gasteiger partial charge in [0.2, 0.25) is 0 Å². The van der Waals surface area contributed by atoms with Crippen molar-refractivity contribution in [1.82, 2.24) is 4.90 Å². The molecule has 0 spiro atoms. The molecule has 1 saturated heterocycles. The molecule has 1 fully saturated rings. The minimum absolute atomic E-state index is 0.623. The average molecular weight is 188 g/mol. The molecule has 1 aliphatic rings. The molecule has 13 heavy (non-hydrogen) atoms. The maximum atomic E-state index is 5.30. The topological polar surface area (TPSA) is 47.7 Å². The zero-order valence-electron chi connectivity index (χ0n) is 8.21. The van der Waals surface area contributed by atoms with Crippen LogP contribution < -0.4 is 5.73 Å². The van der Waals surface area contributed by atoms with Crippen LogP contribution in [0.2, 0.25) is 0 Å². The fourth-order valence-corrected chi connectivity index (χ4v) is 1.40. The molecule has 0 amide bonds. The number of morpholine rings is 1. The SMILES string of the molecule is NCCOCCCN1CCOCC1. The molecule has 0 aliphatic carbocycles. The highest BCUT2D eigenvalue weighted by Crippen LogP contribution is 1.97. The van der Waals surface area contributed by atoms with E-state index >= 15 is 0 Å². The Kier molecular flexibility index (Phi) is 6.10. The normalized spacial score (nSPS) is 19.2. The van der Waals surface area contributed by atoms with Crippen molar-refractivity contribution >= 4 is 0 Å². The average Bonchev–Trinajstić information content (AvgIpc) is 2.19. The number of nitrogens with zero attached hydrogens (tertiary/aromatic N) is 1. The van der Waals surface area contributed by atoms with E-state index in [4.69, 9.17) is 15.2 Å². The molecular formula is C9H20N2O2. The van der Waals surface area contributed by atoms with Crippen LogP contribution in [0.3, 0.4) is 0 Å². The monoisotopic (exact) mass is 188 g/mol. The van der Waals surface area contributed by atoms with Crippen molar-refractivity contribution in [3.05, 3.63) is 0 Å². The molecule has 0 unspecified atom stereocenters. The van der Waals surface area contributed by atoms with E-state index in [1.54, 1.807) is 0 Å². The third-order valence-corrected chi connectivity index (χ3v) is 2.13. The second-order valence-electron chi connectivity index (χ2n) is 3.21. The summed E-state index contributed by atoms with van der Waals surface area (Å²) in [5, 5.41) is 0. The highest BCUT2D eigenvalue weighted by molar-refractivity contribution is 4.61. The second-order valence-corrected chi connectivity index (χ2v) is 3.21. The van der Waals surface area contributed by atoms with E-state index in [1.165, 1.54) is 0 Å². The molecule has 0 radical (unpaired) electrons. The van der Waals surface area contributed by atoms with E-state index < -0.39 is 0 Å². The molecule has 2 N–H and O–H groups in total. The van der Waals surface area contributed by atoms with Gasteiger partial charge in [-0.3, -0.25) is 4.90 Å². The molecular weight excluding hydrogens is 168 g/mol. The minimum Gasteiger partial charge on any atom is -0.380 e. The van der Waals surface area contributed by atoms with Crippen LogP contribution in [-0.4, -0.2) is 57.5 Å². The highest BCUT2D eigenvalue weighted by Gasteiger charge is 2.08. The van der Waals surface area contributed by atoms with E-state index in [-0.39, 0.29) is 0 Å². The van der Waals surface area contributed by atoms with Crippen LogP contribution >= 0.6 is 0 Å². The fourth-order valence-electron chi connectivity index (χ4n) is 1.40. The Morgan fingerprint density at radius 3 is 2.69 bits per heavy atom. The van der Waals surface area contributed by atoms with E-state index in [0.717, 1.165) is 45.9 Å². The van der Waals surface area contributed by atoms with E-state index in [9.17, 15) is 0 Å². The van der Waals surface area contributed by atoms with Gasteiger partial charge in [0.15, 0.2) is 0 Å². The number of hydrogen-bond donors (Lipinski definition) is 1. The van der Waals surface area contributed by atoms with E-state index in [2.05, 4.69) is 4.90 Å². The molecule has 4 nitrogen and oxygen atoms in total. The maximum absolute atomic E-state index is 5.30. The van der Waals surface area contributed by atoms with Crippen molar-refractivity contribution in [3.8, 4) is 0 Å². The van der Waals surface area contributed by atoms with Crippen molar-refractivity contribution in [1.29, 1.82) is 0 Å². The molecule has 1 heterocycles. The lowest BCUT2D eigenvalue weighted by molar-refractivity contribution is 0.0323. The van der Waals surface area contributed by atoms with Crippen LogP contribution in [0.15, 0.2) is 0 Å². The summed E-state index contributed by atoms with van der Waals surface area (Å²) < 4.78 is 10.5. The lowest BCUT2D eigenvalue weighted by atomic mass is 10.3. The Bertz CT molecular complexity index is 116. The maximum Gasteiger partial charge on any atom is 0.0594 e. The zero-order valence-corrected chi connectivity index (χ0v) is 8.21. The lowest BCUT2D eigenvalue weighted by Gasteiger charge is -2.26. The largest absolute Gasteiger partial charge is 0.380 e. The molecule has 0 aromatic rings. The number of hydrogen-bond acceptors (Lipinski definition) is 4. The second kappa shape index (κ2) is 7.26. The Balaban J connectivity index is 1.86. The zero-order chi connectivity index (χ0) is 9.36. The summed E-state index contributed by atoms with van der Waals surface area (Å²) in [5.41, 5.74) is 5.30. The summed E-state index contributed by atoms with van der Waals surface area (Å²) in [4.78, 5) is 2.41. The number of nitrogens with two attached hydrogens (primary N) is 1. The van der Waals surface area contributed by atoms with E-state index in [1.807, 2.05) is 0 Å². The Hall–Kier alpha value is -0.160. The Morgan fingerprint density at radius 1 is 1.23 bits per heavy atom. The summed E-state index contributed by atoms with van der Waals surface area (Å²) >= 11 is 0. The van der Waals surface area contributed by atoms with Crippen LogP contribution in [-0.2, 0) is 9.47 Å². The predicted octanol–water partition coefficient (Wildman–Crippen LogP) is -0.316. The van der Waals surface area contributed by atoms with Crippen LogP contribution in [0.1, 0.15) is 6.42 Å². The molecule has 0 aromatic carbocycles. The summed E-state index contributed by atoms with van der Waals surface area (Å²) in [5.74, 6) is 0. The van der Waals surface area contributed by atoms with Gasteiger partial charge in [-0.15, -0.1) is 0 Å². The van der Waals surface area contributed by atoms with Gasteiger partial charge in [-0.05, 0) is 6.42 Å². The van der Waals surface area contributed by atoms with Gasteiger partial charge in [0, 0.05) is 32.8 Å². The molecule has 0 atom stereocenters. The Morgan fingerprint density at radius 2 is 2.00 bits per heavy atom. The first-order chi connectivity index (χ1) is 6.43. The smallest absolute Gasteiger partial charge is 0.0594 e.